The van der Waals surface area contributed by atoms with Gasteiger partial charge in [0.2, 0.25) is 0 Å². The third kappa shape index (κ3) is 11.7. The number of aliphatic hydroxyl groups is 1. The maximum absolute atomic E-state index is 13.5. The fourth-order valence-electron chi connectivity index (χ4n) is 6.39. The molecular weight excluding hydrogens is 624 g/mol. The van der Waals surface area contributed by atoms with Crippen molar-refractivity contribution in [3.63, 3.8) is 0 Å². The van der Waals surface area contributed by atoms with Crippen LogP contribution in [0.25, 0.3) is 0 Å². The van der Waals surface area contributed by atoms with Crippen LogP contribution in [0, 0.1) is 28.1 Å². The molecule has 4 atom stereocenters. The van der Waals surface area contributed by atoms with Crippen molar-refractivity contribution in [2.45, 2.75) is 104 Å². The molecule has 13 nitrogen and oxygen atoms in total. The van der Waals surface area contributed by atoms with Gasteiger partial charge in [0, 0.05) is 0 Å². The predicted octanol–water partition coefficient (Wildman–Crippen LogP) is 3.34. The Labute approximate surface area is 273 Å². The highest BCUT2D eigenvalue weighted by molar-refractivity contribution is 7.87. The Morgan fingerprint density at radius 2 is 1.50 bits per heavy atom. The Hall–Kier alpha value is -2.29. The Balaban J connectivity index is 2.16. The summed E-state index contributed by atoms with van der Waals surface area (Å²) in [6.45, 7) is 9.48. The topological polar surface area (TPSA) is 181 Å². The largest absolute Gasteiger partial charge is 0.469 e. The van der Waals surface area contributed by atoms with Gasteiger partial charge in [-0.1, -0.05) is 13.8 Å². The molecular formula is C32H54O13S. The van der Waals surface area contributed by atoms with Crippen molar-refractivity contribution < 1.29 is 60.6 Å². The molecule has 2 rings (SSSR count). The lowest BCUT2D eigenvalue weighted by Gasteiger charge is -2.40. The fourth-order valence-corrected chi connectivity index (χ4v) is 7.74. The molecule has 0 bridgehead atoms. The highest BCUT2D eigenvalue weighted by Gasteiger charge is 2.51. The molecule has 0 radical (unpaired) electrons. The standard InChI is InChI=1S/C32H54O13S/c1-8-23(26(34)41-15-16-45-46(38,39)25-11-9-22(2)10-12-25)17-31(5,29(37)42-14-13-33)21-32(6,28(36)40-7)20-30(3,4)27(35)44-19-24-18-43-24/h22-25,33H,8-21H2,1-7H3. The van der Waals surface area contributed by atoms with E-state index in [1.165, 1.54) is 7.11 Å². The number of carbonyl (C=O) groups excluding carboxylic acids is 4. The van der Waals surface area contributed by atoms with Crippen LogP contribution in [0.5, 0.6) is 0 Å². The minimum absolute atomic E-state index is 0.0488. The van der Waals surface area contributed by atoms with E-state index in [-0.39, 0.29) is 58.2 Å². The van der Waals surface area contributed by atoms with Crippen LogP contribution in [0.3, 0.4) is 0 Å². The smallest absolute Gasteiger partial charge is 0.311 e. The van der Waals surface area contributed by atoms with Gasteiger partial charge in [0.05, 0.1) is 47.7 Å². The van der Waals surface area contributed by atoms with Crippen LogP contribution in [0.4, 0.5) is 0 Å². The number of ether oxygens (including phenoxy) is 5. The molecule has 1 aliphatic carbocycles. The molecule has 266 valence electrons. The van der Waals surface area contributed by atoms with Crippen LogP contribution < -0.4 is 0 Å². The van der Waals surface area contributed by atoms with E-state index in [1.807, 2.05) is 0 Å². The molecule has 4 unspecified atom stereocenters. The summed E-state index contributed by atoms with van der Waals surface area (Å²) in [5.74, 6) is -2.97. The van der Waals surface area contributed by atoms with Crippen LogP contribution in [0.2, 0.25) is 0 Å². The van der Waals surface area contributed by atoms with E-state index < -0.39 is 68.0 Å². The second-order valence-electron chi connectivity index (χ2n) is 13.9. The summed E-state index contributed by atoms with van der Waals surface area (Å²) in [4.78, 5) is 52.9. The van der Waals surface area contributed by atoms with Gasteiger partial charge >= 0.3 is 23.9 Å². The molecule has 2 aliphatic rings. The lowest BCUT2D eigenvalue weighted by molar-refractivity contribution is -0.169. The van der Waals surface area contributed by atoms with Crippen molar-refractivity contribution in [1.29, 1.82) is 0 Å². The third-order valence-electron chi connectivity index (χ3n) is 8.93. The molecule has 1 N–H and O–H groups in total. The summed E-state index contributed by atoms with van der Waals surface area (Å²) >= 11 is 0. The number of hydrogen-bond donors (Lipinski definition) is 1. The molecule has 0 amide bonds. The van der Waals surface area contributed by atoms with E-state index >= 15 is 0 Å². The van der Waals surface area contributed by atoms with Crippen molar-refractivity contribution in [3.05, 3.63) is 0 Å². The van der Waals surface area contributed by atoms with Crippen LogP contribution in [0.1, 0.15) is 92.9 Å². The van der Waals surface area contributed by atoms with Gasteiger partial charge in [-0.15, -0.1) is 0 Å². The number of hydrogen-bond acceptors (Lipinski definition) is 13. The summed E-state index contributed by atoms with van der Waals surface area (Å²) in [7, 11) is -2.58. The average molecular weight is 679 g/mol. The molecule has 14 heteroatoms. The second-order valence-corrected chi connectivity index (χ2v) is 15.8. The van der Waals surface area contributed by atoms with Gasteiger partial charge in [-0.2, -0.15) is 8.42 Å². The maximum Gasteiger partial charge on any atom is 0.311 e. The van der Waals surface area contributed by atoms with Crippen LogP contribution >= 0.6 is 0 Å². The first-order valence-electron chi connectivity index (χ1n) is 16.1. The van der Waals surface area contributed by atoms with E-state index in [9.17, 15) is 32.7 Å². The molecule has 0 spiro atoms. The minimum Gasteiger partial charge on any atom is -0.469 e. The lowest BCUT2D eigenvalue weighted by atomic mass is 9.63. The molecule has 0 aromatic heterocycles. The van der Waals surface area contributed by atoms with Gasteiger partial charge in [-0.3, -0.25) is 23.4 Å². The average Bonchev–Trinajstić information content (AvgIpc) is 3.83. The first kappa shape index (κ1) is 39.9. The molecule has 0 aromatic carbocycles. The van der Waals surface area contributed by atoms with E-state index in [0.717, 1.165) is 12.8 Å². The third-order valence-corrected chi connectivity index (χ3v) is 10.7. The van der Waals surface area contributed by atoms with Gasteiger partial charge in [0.25, 0.3) is 10.1 Å². The predicted molar refractivity (Wildman–Crippen MR) is 166 cm³/mol. The summed E-state index contributed by atoms with van der Waals surface area (Å²) in [5, 5.41) is 8.72. The summed E-state index contributed by atoms with van der Waals surface area (Å²) < 4.78 is 56.6. The van der Waals surface area contributed by atoms with Crippen molar-refractivity contribution in [3.8, 4) is 0 Å². The van der Waals surface area contributed by atoms with Crippen molar-refractivity contribution in [1.82, 2.24) is 0 Å². The van der Waals surface area contributed by atoms with E-state index in [4.69, 9.17) is 27.9 Å². The van der Waals surface area contributed by atoms with Crippen molar-refractivity contribution in [2.75, 3.05) is 46.8 Å². The van der Waals surface area contributed by atoms with Gasteiger partial charge in [0.15, 0.2) is 0 Å². The molecule has 0 aromatic rings. The monoisotopic (exact) mass is 678 g/mol. The minimum atomic E-state index is -3.79. The van der Waals surface area contributed by atoms with E-state index in [2.05, 4.69) is 6.92 Å². The zero-order valence-corrected chi connectivity index (χ0v) is 29.3. The van der Waals surface area contributed by atoms with Crippen molar-refractivity contribution in [2.24, 2.45) is 28.1 Å². The number of esters is 4. The molecule has 46 heavy (non-hydrogen) atoms. The quantitative estimate of drug-likeness (QED) is 0.0652. The Kier molecular flexibility index (Phi) is 14.9. The van der Waals surface area contributed by atoms with Gasteiger partial charge in [-0.25, -0.2) is 0 Å². The summed E-state index contributed by atoms with van der Waals surface area (Å²) in [6.07, 6.45) is 2.50. The Bertz CT molecular complexity index is 1140. The Morgan fingerprint density at radius 3 is 2.04 bits per heavy atom. The van der Waals surface area contributed by atoms with Crippen LogP contribution in [-0.2, 0) is 57.2 Å². The number of carbonyl (C=O) groups is 4. The zero-order valence-electron chi connectivity index (χ0n) is 28.5. The number of aliphatic hydroxyl groups excluding tert-OH is 1. The molecule has 2 fully saturated rings. The SMILES string of the molecule is CCC(CC(C)(CC(C)(CC(C)(C)C(=O)OCC1CO1)C(=O)OC)C(=O)OCCO)C(=O)OCCOS(=O)(=O)C1CCC(C)CC1. The number of methoxy groups -OCH3 is 1. The van der Waals surface area contributed by atoms with E-state index in [0.29, 0.717) is 25.4 Å². The normalized spacial score (nSPS) is 23.3. The van der Waals surface area contributed by atoms with Crippen LogP contribution in [0.15, 0.2) is 0 Å². The first-order chi connectivity index (χ1) is 21.4. The molecule has 1 saturated carbocycles. The van der Waals surface area contributed by atoms with E-state index in [1.54, 1.807) is 34.6 Å². The summed E-state index contributed by atoms with van der Waals surface area (Å²) in [5.41, 5.74) is -4.02. The molecule has 1 saturated heterocycles. The molecule has 1 aliphatic heterocycles. The highest BCUT2D eigenvalue weighted by atomic mass is 32.2. The zero-order chi connectivity index (χ0) is 34.8. The number of epoxide rings is 1. The highest BCUT2D eigenvalue weighted by Crippen LogP contribution is 2.47. The second kappa shape index (κ2) is 17.2. The van der Waals surface area contributed by atoms with Gasteiger partial charge in [0.1, 0.15) is 32.5 Å². The first-order valence-corrected chi connectivity index (χ1v) is 17.6. The van der Waals surface area contributed by atoms with Crippen LogP contribution in [-0.4, -0.2) is 95.5 Å². The lowest BCUT2D eigenvalue weighted by Crippen LogP contribution is -2.45. The maximum atomic E-state index is 13.5. The van der Waals surface area contributed by atoms with Gasteiger partial charge < -0.3 is 28.8 Å². The van der Waals surface area contributed by atoms with Crippen molar-refractivity contribution >= 4 is 34.0 Å². The fraction of sp³-hybridized carbons (Fsp3) is 0.875. The Morgan fingerprint density at radius 1 is 0.870 bits per heavy atom. The number of rotatable bonds is 20. The molecule has 1 heterocycles. The summed E-state index contributed by atoms with van der Waals surface area (Å²) in [6, 6.07) is 0. The van der Waals surface area contributed by atoms with Gasteiger partial charge in [-0.05, 0) is 85.0 Å².